The highest BCUT2D eigenvalue weighted by molar-refractivity contribution is 9.11. The average molecular weight is 634 g/mol. The number of anilines is 1. The van der Waals surface area contributed by atoms with Crippen LogP contribution in [0.3, 0.4) is 0 Å². The summed E-state index contributed by atoms with van der Waals surface area (Å²) < 4.78 is 12.6. The van der Waals surface area contributed by atoms with Gasteiger partial charge in [0.25, 0.3) is 5.91 Å². The number of ether oxygens (including phenoxy) is 2. The van der Waals surface area contributed by atoms with Crippen molar-refractivity contribution in [2.24, 2.45) is 0 Å². The minimum Gasteiger partial charge on any atom is -0.506 e. The van der Waals surface area contributed by atoms with Crippen molar-refractivity contribution in [1.82, 2.24) is 5.48 Å². The molecule has 0 fully saturated rings. The molecule has 0 aliphatic heterocycles. The van der Waals surface area contributed by atoms with Gasteiger partial charge in [-0.1, -0.05) is 34.1 Å². The van der Waals surface area contributed by atoms with Crippen LogP contribution in [0.5, 0.6) is 11.5 Å². The average Bonchev–Trinajstić information content (AvgIpc) is 2.88. The largest absolute Gasteiger partial charge is 0.506 e. The second-order valence-electron chi connectivity index (χ2n) is 7.64. The smallest absolute Gasteiger partial charge is 0.412 e. The van der Waals surface area contributed by atoms with E-state index in [0.29, 0.717) is 25.9 Å². The molecule has 0 aromatic heterocycles. The molecule has 0 bridgehead atoms. The van der Waals surface area contributed by atoms with Gasteiger partial charge in [0.2, 0.25) is 0 Å². The predicted octanol–water partition coefficient (Wildman–Crippen LogP) is 5.92. The van der Waals surface area contributed by atoms with Crippen LogP contribution in [0, 0.1) is 0 Å². The van der Waals surface area contributed by atoms with Crippen molar-refractivity contribution in [3.8, 4) is 11.5 Å². The number of amides is 2. The lowest BCUT2D eigenvalue weighted by Gasteiger charge is -2.27. The van der Waals surface area contributed by atoms with E-state index < -0.39 is 24.2 Å². The molecule has 0 aliphatic rings. The standard InChI is InChI=1S/C26H22Br2N2O7/c1-15(31)16-7-9-18(10-8-16)29-26(34)37-25(20-13-17(27)14-21(28)24(20)33)22(11-12-23(32)30-35)36-19-5-3-2-4-6-19/h2-14,22,25,33,35H,1H3,(H,29,34)(H,30,32)/b12-11+/t22-,25-/m1/s1. The zero-order valence-electron chi connectivity index (χ0n) is 19.4. The number of rotatable bonds is 9. The fraction of sp³-hybridized carbons (Fsp3) is 0.115. The fourth-order valence-corrected chi connectivity index (χ4v) is 4.50. The lowest BCUT2D eigenvalue weighted by molar-refractivity contribution is -0.124. The zero-order valence-corrected chi connectivity index (χ0v) is 22.5. The Bertz CT molecular complexity index is 1300. The molecule has 192 valence electrons. The number of phenolic OH excluding ortho intramolecular Hbond substituents is 1. The first-order valence-electron chi connectivity index (χ1n) is 10.8. The zero-order chi connectivity index (χ0) is 26.9. The van der Waals surface area contributed by atoms with Crippen LogP contribution < -0.4 is 15.5 Å². The van der Waals surface area contributed by atoms with Crippen molar-refractivity contribution in [1.29, 1.82) is 0 Å². The number of ketones is 1. The van der Waals surface area contributed by atoms with Crippen LogP contribution in [0.2, 0.25) is 0 Å². The molecule has 0 spiro atoms. The molecule has 0 aliphatic carbocycles. The first-order chi connectivity index (χ1) is 17.7. The fourth-order valence-electron chi connectivity index (χ4n) is 3.24. The van der Waals surface area contributed by atoms with Gasteiger partial charge in [-0.2, -0.15) is 0 Å². The Kier molecular flexibility index (Phi) is 9.84. The summed E-state index contributed by atoms with van der Waals surface area (Å²) in [7, 11) is 0. The van der Waals surface area contributed by atoms with E-state index >= 15 is 0 Å². The number of carbonyl (C=O) groups is 3. The highest BCUT2D eigenvalue weighted by atomic mass is 79.9. The van der Waals surface area contributed by atoms with Crippen molar-refractivity contribution >= 4 is 55.3 Å². The first-order valence-corrected chi connectivity index (χ1v) is 12.4. The molecule has 3 rings (SSSR count). The lowest BCUT2D eigenvalue weighted by Crippen LogP contribution is -2.30. The van der Waals surface area contributed by atoms with Gasteiger partial charge in [-0.15, -0.1) is 0 Å². The van der Waals surface area contributed by atoms with Crippen LogP contribution in [-0.2, 0) is 9.53 Å². The molecule has 0 radical (unpaired) electrons. The normalized spacial score (nSPS) is 12.4. The van der Waals surface area contributed by atoms with Gasteiger partial charge in [0.05, 0.1) is 4.47 Å². The maximum atomic E-state index is 12.9. The molecule has 0 saturated heterocycles. The van der Waals surface area contributed by atoms with E-state index in [2.05, 4.69) is 37.2 Å². The maximum Gasteiger partial charge on any atom is 0.412 e. The third-order valence-corrected chi connectivity index (χ3v) is 6.06. The number of halogens is 2. The summed E-state index contributed by atoms with van der Waals surface area (Å²) in [6.45, 7) is 1.43. The van der Waals surface area contributed by atoms with Crippen LogP contribution in [-0.4, -0.2) is 34.2 Å². The molecule has 9 nitrogen and oxygen atoms in total. The van der Waals surface area contributed by atoms with Crippen molar-refractivity contribution in [2.45, 2.75) is 19.1 Å². The molecule has 2 atom stereocenters. The Morgan fingerprint density at radius 3 is 2.30 bits per heavy atom. The van der Waals surface area contributed by atoms with Gasteiger partial charge in [-0.3, -0.25) is 20.1 Å². The number of hydroxylamine groups is 1. The van der Waals surface area contributed by atoms with Crippen LogP contribution >= 0.6 is 31.9 Å². The Morgan fingerprint density at radius 1 is 1.00 bits per heavy atom. The molecule has 0 saturated carbocycles. The number of para-hydroxylation sites is 1. The second-order valence-corrected chi connectivity index (χ2v) is 9.41. The van der Waals surface area contributed by atoms with Gasteiger partial charge < -0.3 is 14.6 Å². The molecule has 11 heteroatoms. The SMILES string of the molecule is CC(=O)c1ccc(NC(=O)O[C@H](c2cc(Br)cc(Br)c2O)[C@@H](/C=C/C(=O)NO)Oc2ccccc2)cc1. The topological polar surface area (TPSA) is 134 Å². The summed E-state index contributed by atoms with van der Waals surface area (Å²) in [5, 5.41) is 22.3. The van der Waals surface area contributed by atoms with E-state index in [0.717, 1.165) is 6.08 Å². The summed E-state index contributed by atoms with van der Waals surface area (Å²) in [5.41, 5.74) is 2.49. The van der Waals surface area contributed by atoms with E-state index in [4.69, 9.17) is 14.7 Å². The van der Waals surface area contributed by atoms with E-state index in [1.165, 1.54) is 18.5 Å². The maximum absolute atomic E-state index is 12.9. The van der Waals surface area contributed by atoms with Crippen molar-refractivity contribution in [3.05, 3.63) is 99.0 Å². The van der Waals surface area contributed by atoms with E-state index in [9.17, 15) is 19.5 Å². The first kappa shape index (κ1) is 27.9. The van der Waals surface area contributed by atoms with E-state index in [1.807, 2.05) is 0 Å². The molecular formula is C26H22Br2N2O7. The van der Waals surface area contributed by atoms with E-state index in [1.54, 1.807) is 66.7 Å². The number of Topliss-reactive ketones (excluding diaryl/α,β-unsaturated/α-hetero) is 1. The molecule has 2 amide bonds. The summed E-state index contributed by atoms with van der Waals surface area (Å²) in [6.07, 6.45) is -0.998. The van der Waals surface area contributed by atoms with Crippen LogP contribution in [0.15, 0.2) is 87.8 Å². The number of nitrogens with one attached hydrogen (secondary N) is 2. The number of aromatic hydroxyl groups is 1. The monoisotopic (exact) mass is 632 g/mol. The quantitative estimate of drug-likeness (QED) is 0.0995. The molecule has 3 aromatic rings. The van der Waals surface area contributed by atoms with Crippen molar-refractivity contribution < 1.29 is 34.2 Å². The molecule has 0 heterocycles. The summed E-state index contributed by atoms with van der Waals surface area (Å²) in [4.78, 5) is 36.2. The Labute approximate surface area is 229 Å². The predicted molar refractivity (Wildman–Crippen MR) is 143 cm³/mol. The number of carbonyl (C=O) groups excluding carboxylic acids is 3. The van der Waals surface area contributed by atoms with Gasteiger partial charge in [0.1, 0.15) is 11.5 Å². The minimum atomic E-state index is -1.27. The Hall–Kier alpha value is -3.67. The van der Waals surface area contributed by atoms with Crippen LogP contribution in [0.1, 0.15) is 28.9 Å². The molecule has 3 aromatic carbocycles. The molecule has 0 unspecified atom stereocenters. The second kappa shape index (κ2) is 13.0. The van der Waals surface area contributed by atoms with E-state index in [-0.39, 0.29) is 17.1 Å². The number of hydrogen-bond donors (Lipinski definition) is 4. The van der Waals surface area contributed by atoms with Crippen LogP contribution in [0.4, 0.5) is 10.5 Å². The summed E-state index contributed by atoms with van der Waals surface area (Å²) in [6, 6.07) is 17.9. The summed E-state index contributed by atoms with van der Waals surface area (Å²) in [5.74, 6) is -0.781. The van der Waals surface area contributed by atoms with Gasteiger partial charge in [-0.05, 0) is 77.5 Å². The number of benzene rings is 3. The van der Waals surface area contributed by atoms with Gasteiger partial charge >= 0.3 is 6.09 Å². The van der Waals surface area contributed by atoms with Crippen molar-refractivity contribution in [2.75, 3.05) is 5.32 Å². The third kappa shape index (κ3) is 7.91. The molecule has 4 N–H and O–H groups in total. The highest BCUT2D eigenvalue weighted by Gasteiger charge is 2.31. The Balaban J connectivity index is 2.00. The lowest BCUT2D eigenvalue weighted by atomic mass is 10.0. The third-order valence-electron chi connectivity index (χ3n) is 5.00. The van der Waals surface area contributed by atoms with Crippen molar-refractivity contribution in [3.63, 3.8) is 0 Å². The molecule has 37 heavy (non-hydrogen) atoms. The Morgan fingerprint density at radius 2 is 1.68 bits per heavy atom. The van der Waals surface area contributed by atoms with Gasteiger partial charge in [-0.25, -0.2) is 10.3 Å². The molecular weight excluding hydrogens is 612 g/mol. The summed E-state index contributed by atoms with van der Waals surface area (Å²) >= 11 is 6.64. The van der Waals surface area contributed by atoms with Gasteiger partial charge in [0.15, 0.2) is 18.0 Å². The number of phenols is 1. The number of hydrogen-bond acceptors (Lipinski definition) is 7. The minimum absolute atomic E-state index is 0.121. The highest BCUT2D eigenvalue weighted by Crippen LogP contribution is 2.39. The van der Waals surface area contributed by atoms with Gasteiger partial charge in [0, 0.05) is 27.4 Å². The van der Waals surface area contributed by atoms with Crippen LogP contribution in [0.25, 0.3) is 0 Å².